The maximum Gasteiger partial charge on any atom is 0.240 e. The summed E-state index contributed by atoms with van der Waals surface area (Å²) in [4.78, 5) is 0.218. The molecule has 0 aromatic heterocycles. The second-order valence-corrected chi connectivity index (χ2v) is 7.11. The van der Waals surface area contributed by atoms with Crippen LogP contribution < -0.4 is 14.2 Å². The van der Waals surface area contributed by atoms with E-state index >= 15 is 0 Å². The van der Waals surface area contributed by atoms with Gasteiger partial charge in [0, 0.05) is 16.6 Å². The van der Waals surface area contributed by atoms with E-state index in [0.717, 1.165) is 10.0 Å². The van der Waals surface area contributed by atoms with Gasteiger partial charge in [-0.2, -0.15) is 0 Å². The lowest BCUT2D eigenvalue weighted by molar-refractivity contribution is 0.173. The zero-order chi connectivity index (χ0) is 14.9. The number of ether oxygens (including phenoxy) is 2. The van der Waals surface area contributed by atoms with E-state index in [0.29, 0.717) is 11.5 Å². The maximum absolute atomic E-state index is 12.2. The molecule has 2 aromatic rings. The highest BCUT2D eigenvalue weighted by molar-refractivity contribution is 9.10. The van der Waals surface area contributed by atoms with Crippen LogP contribution in [0.2, 0.25) is 0 Å². The van der Waals surface area contributed by atoms with Gasteiger partial charge >= 0.3 is 0 Å². The quantitative estimate of drug-likeness (QED) is 0.899. The smallest absolute Gasteiger partial charge is 0.240 e. The van der Waals surface area contributed by atoms with E-state index in [1.165, 1.54) is 0 Å². The third-order valence-corrected chi connectivity index (χ3v) is 5.00. The zero-order valence-corrected chi connectivity index (χ0v) is 13.3. The van der Waals surface area contributed by atoms with Crippen molar-refractivity contribution in [1.29, 1.82) is 0 Å². The van der Waals surface area contributed by atoms with Crippen molar-refractivity contribution in [2.45, 2.75) is 11.4 Å². The molecule has 21 heavy (non-hydrogen) atoms. The SMILES string of the molecule is O=S(=O)(NCc1cccc2c1OCO2)c1ccc(Br)cc1. The molecule has 0 bridgehead atoms. The Labute approximate surface area is 131 Å². The fraction of sp³-hybridized carbons (Fsp3) is 0.143. The Morgan fingerprint density at radius 2 is 1.86 bits per heavy atom. The van der Waals surface area contributed by atoms with Gasteiger partial charge < -0.3 is 9.47 Å². The second-order valence-electron chi connectivity index (χ2n) is 4.43. The second kappa shape index (κ2) is 5.67. The van der Waals surface area contributed by atoms with E-state index in [1.54, 1.807) is 42.5 Å². The molecule has 2 aromatic carbocycles. The lowest BCUT2D eigenvalue weighted by Gasteiger charge is -2.09. The van der Waals surface area contributed by atoms with Crippen LogP contribution in [0.5, 0.6) is 11.5 Å². The number of sulfonamides is 1. The van der Waals surface area contributed by atoms with E-state index in [-0.39, 0.29) is 18.2 Å². The van der Waals surface area contributed by atoms with Crippen LogP contribution in [-0.4, -0.2) is 15.2 Å². The molecule has 3 rings (SSSR count). The van der Waals surface area contributed by atoms with Crippen molar-refractivity contribution < 1.29 is 17.9 Å². The van der Waals surface area contributed by atoms with E-state index in [1.807, 2.05) is 0 Å². The number of rotatable bonds is 4. The van der Waals surface area contributed by atoms with Gasteiger partial charge in [-0.15, -0.1) is 0 Å². The average molecular weight is 370 g/mol. The summed E-state index contributed by atoms with van der Waals surface area (Å²) >= 11 is 3.28. The number of hydrogen-bond acceptors (Lipinski definition) is 4. The topological polar surface area (TPSA) is 64.6 Å². The van der Waals surface area contributed by atoms with Gasteiger partial charge in [0.05, 0.1) is 4.90 Å². The Morgan fingerprint density at radius 1 is 1.10 bits per heavy atom. The van der Waals surface area contributed by atoms with Crippen molar-refractivity contribution >= 4 is 26.0 Å². The predicted octanol–water partition coefficient (Wildman–Crippen LogP) is 2.66. The van der Waals surface area contributed by atoms with Crippen LogP contribution in [0.25, 0.3) is 0 Å². The molecule has 5 nitrogen and oxygen atoms in total. The fourth-order valence-electron chi connectivity index (χ4n) is 2.00. The molecule has 0 saturated carbocycles. The molecule has 1 aliphatic rings. The van der Waals surface area contributed by atoms with E-state index in [4.69, 9.17) is 9.47 Å². The number of hydrogen-bond donors (Lipinski definition) is 1. The third kappa shape index (κ3) is 3.04. The van der Waals surface area contributed by atoms with Crippen LogP contribution in [0.3, 0.4) is 0 Å². The Hall–Kier alpha value is -1.57. The number of nitrogens with one attached hydrogen (secondary N) is 1. The van der Waals surface area contributed by atoms with Crippen molar-refractivity contribution in [3.8, 4) is 11.5 Å². The first-order valence-electron chi connectivity index (χ1n) is 6.19. The van der Waals surface area contributed by atoms with Crippen molar-refractivity contribution in [2.24, 2.45) is 0 Å². The number of halogens is 1. The molecule has 0 atom stereocenters. The number of benzene rings is 2. The van der Waals surface area contributed by atoms with E-state index in [9.17, 15) is 8.42 Å². The van der Waals surface area contributed by atoms with Crippen LogP contribution >= 0.6 is 15.9 Å². The molecule has 110 valence electrons. The highest BCUT2D eigenvalue weighted by atomic mass is 79.9. The summed E-state index contributed by atoms with van der Waals surface area (Å²) in [6, 6.07) is 11.9. The molecular weight excluding hydrogens is 358 g/mol. The standard InChI is InChI=1S/C14H12BrNO4S/c15-11-4-6-12(7-5-11)21(17,18)16-8-10-2-1-3-13-14(10)20-9-19-13/h1-7,16H,8-9H2. The molecule has 7 heteroatoms. The normalized spacial score (nSPS) is 13.4. The first-order chi connectivity index (χ1) is 10.1. The summed E-state index contributed by atoms with van der Waals surface area (Å²) in [5, 5.41) is 0. The van der Waals surface area contributed by atoms with Crippen LogP contribution in [0.15, 0.2) is 51.8 Å². The first-order valence-corrected chi connectivity index (χ1v) is 8.46. The number of para-hydroxylation sites is 1. The molecule has 0 radical (unpaired) electrons. The van der Waals surface area contributed by atoms with Crippen molar-refractivity contribution in [3.05, 3.63) is 52.5 Å². The van der Waals surface area contributed by atoms with Gasteiger partial charge in [-0.1, -0.05) is 28.1 Å². The molecule has 0 fully saturated rings. The lowest BCUT2D eigenvalue weighted by Crippen LogP contribution is -2.23. The lowest BCUT2D eigenvalue weighted by atomic mass is 10.2. The molecule has 0 aliphatic carbocycles. The molecule has 0 spiro atoms. The van der Waals surface area contributed by atoms with Crippen LogP contribution in [0.1, 0.15) is 5.56 Å². The summed E-state index contributed by atoms with van der Waals surface area (Å²) in [6.07, 6.45) is 0. The van der Waals surface area contributed by atoms with E-state index < -0.39 is 10.0 Å². The molecule has 0 unspecified atom stereocenters. The average Bonchev–Trinajstić information content (AvgIpc) is 2.94. The van der Waals surface area contributed by atoms with Gasteiger partial charge in [0.1, 0.15) is 0 Å². The molecular formula is C14H12BrNO4S. The minimum Gasteiger partial charge on any atom is -0.454 e. The van der Waals surface area contributed by atoms with Gasteiger partial charge in [0.25, 0.3) is 0 Å². The van der Waals surface area contributed by atoms with Crippen molar-refractivity contribution in [3.63, 3.8) is 0 Å². The molecule has 1 N–H and O–H groups in total. The first kappa shape index (κ1) is 14.4. The van der Waals surface area contributed by atoms with E-state index in [2.05, 4.69) is 20.7 Å². The monoisotopic (exact) mass is 369 g/mol. The Balaban J connectivity index is 1.78. The third-order valence-electron chi connectivity index (χ3n) is 3.05. The van der Waals surface area contributed by atoms with Gasteiger partial charge in [-0.25, -0.2) is 13.1 Å². The Bertz CT molecular complexity index is 759. The molecule has 1 aliphatic heterocycles. The molecule has 0 saturated heterocycles. The Kier molecular flexibility index (Phi) is 3.88. The van der Waals surface area contributed by atoms with Gasteiger partial charge in [-0.3, -0.25) is 0 Å². The highest BCUT2D eigenvalue weighted by Gasteiger charge is 2.19. The summed E-state index contributed by atoms with van der Waals surface area (Å²) in [5.74, 6) is 1.23. The maximum atomic E-state index is 12.2. The predicted molar refractivity (Wildman–Crippen MR) is 80.7 cm³/mol. The number of fused-ring (bicyclic) bond motifs is 1. The minimum atomic E-state index is -3.56. The van der Waals surface area contributed by atoms with Crippen molar-refractivity contribution in [1.82, 2.24) is 4.72 Å². The summed E-state index contributed by atoms with van der Waals surface area (Å²) < 4.78 is 38.4. The summed E-state index contributed by atoms with van der Waals surface area (Å²) in [7, 11) is -3.56. The molecule has 1 heterocycles. The fourth-order valence-corrected chi connectivity index (χ4v) is 3.27. The summed E-state index contributed by atoms with van der Waals surface area (Å²) in [5.41, 5.74) is 0.741. The van der Waals surface area contributed by atoms with Crippen LogP contribution in [0, 0.1) is 0 Å². The molecule has 0 amide bonds. The minimum absolute atomic E-state index is 0.144. The van der Waals surface area contributed by atoms with Crippen molar-refractivity contribution in [2.75, 3.05) is 6.79 Å². The summed E-state index contributed by atoms with van der Waals surface area (Å²) in [6.45, 7) is 0.302. The van der Waals surface area contributed by atoms with Gasteiger partial charge in [-0.05, 0) is 30.3 Å². The Morgan fingerprint density at radius 3 is 2.62 bits per heavy atom. The largest absolute Gasteiger partial charge is 0.454 e. The van der Waals surface area contributed by atoms with Gasteiger partial charge in [0.2, 0.25) is 16.8 Å². The highest BCUT2D eigenvalue weighted by Crippen LogP contribution is 2.35. The van der Waals surface area contributed by atoms with Gasteiger partial charge in [0.15, 0.2) is 11.5 Å². The van der Waals surface area contributed by atoms with Crippen LogP contribution in [0.4, 0.5) is 0 Å². The van der Waals surface area contributed by atoms with Crippen LogP contribution in [-0.2, 0) is 16.6 Å². The zero-order valence-electron chi connectivity index (χ0n) is 10.9.